The van der Waals surface area contributed by atoms with Crippen LogP contribution >= 0.6 is 0 Å². The lowest BCUT2D eigenvalue weighted by Crippen LogP contribution is -2.17. The second kappa shape index (κ2) is 4.35. The number of benzene rings is 1. The third-order valence-electron chi connectivity index (χ3n) is 3.10. The Bertz CT molecular complexity index is 771. The summed E-state index contributed by atoms with van der Waals surface area (Å²) in [6, 6.07) is 3.30. The Balaban J connectivity index is 3.10. The first kappa shape index (κ1) is 13.0. The van der Waals surface area contributed by atoms with Crippen molar-refractivity contribution in [1.82, 2.24) is 4.98 Å². The first-order chi connectivity index (χ1) is 8.82. The number of aryl methyl sites for hydroxylation is 1. The third kappa shape index (κ3) is 2.03. The number of carbonyl (C=O) groups is 2. The van der Waals surface area contributed by atoms with E-state index in [0.29, 0.717) is 10.9 Å². The number of carbonyl (C=O) groups excluding carboxylic acids is 1. The average molecular weight is 259 g/mol. The normalized spacial score (nSPS) is 10.7. The number of aromatic amines is 1. The SMILES string of the molecule is CC(=O)c1cc(C)cc2c(C(=O)O)c(C)c(=O)[nH]c12. The summed E-state index contributed by atoms with van der Waals surface area (Å²) in [5.41, 5.74) is 0.980. The van der Waals surface area contributed by atoms with Crippen molar-refractivity contribution < 1.29 is 14.7 Å². The van der Waals surface area contributed by atoms with Crippen molar-refractivity contribution in [3.63, 3.8) is 0 Å². The van der Waals surface area contributed by atoms with Gasteiger partial charge in [0.2, 0.25) is 0 Å². The largest absolute Gasteiger partial charge is 0.478 e. The number of hydrogen-bond donors (Lipinski definition) is 2. The van der Waals surface area contributed by atoms with Gasteiger partial charge >= 0.3 is 5.97 Å². The smallest absolute Gasteiger partial charge is 0.336 e. The number of carboxylic acid groups (broad SMARTS) is 1. The van der Waals surface area contributed by atoms with Crippen LogP contribution in [0.25, 0.3) is 10.9 Å². The lowest BCUT2D eigenvalue weighted by Gasteiger charge is -2.10. The maximum absolute atomic E-state index is 11.8. The van der Waals surface area contributed by atoms with E-state index < -0.39 is 11.5 Å². The number of aromatic nitrogens is 1. The van der Waals surface area contributed by atoms with Crippen LogP contribution in [0.4, 0.5) is 0 Å². The number of Topliss-reactive ketones (excluding diaryl/α,β-unsaturated/α-hetero) is 1. The molecular weight excluding hydrogens is 246 g/mol. The molecule has 0 radical (unpaired) electrons. The molecule has 0 unspecified atom stereocenters. The highest BCUT2D eigenvalue weighted by Crippen LogP contribution is 2.23. The summed E-state index contributed by atoms with van der Waals surface area (Å²) in [5, 5.41) is 9.65. The van der Waals surface area contributed by atoms with Crippen molar-refractivity contribution >= 4 is 22.7 Å². The van der Waals surface area contributed by atoms with Crippen molar-refractivity contribution in [1.29, 1.82) is 0 Å². The molecule has 2 rings (SSSR count). The molecule has 1 aromatic carbocycles. The van der Waals surface area contributed by atoms with Gasteiger partial charge in [0.15, 0.2) is 5.78 Å². The molecule has 0 spiro atoms. The highest BCUT2D eigenvalue weighted by Gasteiger charge is 2.18. The van der Waals surface area contributed by atoms with Gasteiger partial charge in [-0.05, 0) is 38.5 Å². The van der Waals surface area contributed by atoms with Crippen LogP contribution < -0.4 is 5.56 Å². The lowest BCUT2D eigenvalue weighted by atomic mass is 9.97. The summed E-state index contributed by atoms with van der Waals surface area (Å²) in [6.07, 6.45) is 0. The van der Waals surface area contributed by atoms with E-state index in [1.54, 1.807) is 19.1 Å². The van der Waals surface area contributed by atoms with Crippen molar-refractivity contribution in [3.8, 4) is 0 Å². The summed E-state index contributed by atoms with van der Waals surface area (Å²) in [4.78, 5) is 37.3. The highest BCUT2D eigenvalue weighted by molar-refractivity contribution is 6.11. The van der Waals surface area contributed by atoms with E-state index in [0.717, 1.165) is 5.56 Å². The van der Waals surface area contributed by atoms with Crippen LogP contribution in [0.5, 0.6) is 0 Å². The molecule has 0 amide bonds. The molecule has 2 N–H and O–H groups in total. The molecule has 1 heterocycles. The molecule has 0 saturated carbocycles. The van der Waals surface area contributed by atoms with E-state index >= 15 is 0 Å². The zero-order valence-corrected chi connectivity index (χ0v) is 10.8. The van der Waals surface area contributed by atoms with Gasteiger partial charge in [0, 0.05) is 16.5 Å². The Kier molecular flexibility index (Phi) is 2.98. The fourth-order valence-corrected chi connectivity index (χ4v) is 2.19. The zero-order chi connectivity index (χ0) is 14.3. The number of nitrogens with one attached hydrogen (secondary N) is 1. The number of H-pyrrole nitrogens is 1. The monoisotopic (exact) mass is 259 g/mol. The van der Waals surface area contributed by atoms with Crippen LogP contribution in [0, 0.1) is 13.8 Å². The molecule has 0 bridgehead atoms. The van der Waals surface area contributed by atoms with E-state index in [4.69, 9.17) is 0 Å². The van der Waals surface area contributed by atoms with Gasteiger partial charge in [0.1, 0.15) is 0 Å². The molecule has 1 aromatic heterocycles. The Morgan fingerprint density at radius 2 is 1.84 bits per heavy atom. The number of ketones is 1. The number of fused-ring (bicyclic) bond motifs is 1. The van der Waals surface area contributed by atoms with E-state index in [9.17, 15) is 19.5 Å². The number of carboxylic acids is 1. The van der Waals surface area contributed by atoms with Gasteiger partial charge in [-0.2, -0.15) is 0 Å². The van der Waals surface area contributed by atoms with Crippen LogP contribution in [-0.4, -0.2) is 21.8 Å². The first-order valence-corrected chi connectivity index (χ1v) is 5.74. The first-order valence-electron chi connectivity index (χ1n) is 5.74. The molecule has 0 aliphatic rings. The molecule has 0 aliphatic heterocycles. The predicted octanol–water partition coefficient (Wildman–Crippen LogP) is 2.05. The van der Waals surface area contributed by atoms with E-state index in [2.05, 4.69) is 4.98 Å². The summed E-state index contributed by atoms with van der Waals surface area (Å²) >= 11 is 0. The average Bonchev–Trinajstić information content (AvgIpc) is 2.29. The second-order valence-electron chi connectivity index (χ2n) is 4.55. The van der Waals surface area contributed by atoms with Gasteiger partial charge in [-0.3, -0.25) is 9.59 Å². The third-order valence-corrected chi connectivity index (χ3v) is 3.10. The molecule has 5 heteroatoms. The minimum Gasteiger partial charge on any atom is -0.478 e. The van der Waals surface area contributed by atoms with Crippen LogP contribution in [0.3, 0.4) is 0 Å². The van der Waals surface area contributed by atoms with Gasteiger partial charge in [-0.1, -0.05) is 0 Å². The standard InChI is InChI=1S/C14H13NO4/c1-6-4-9(8(3)16)12-10(5-6)11(14(18)19)7(2)13(17)15-12/h4-5H,1-3H3,(H,15,17)(H,18,19). The van der Waals surface area contributed by atoms with E-state index in [1.807, 2.05) is 0 Å². The summed E-state index contributed by atoms with van der Waals surface area (Å²) in [5.74, 6) is -1.39. The van der Waals surface area contributed by atoms with Crippen LogP contribution in [0.1, 0.15) is 38.8 Å². The predicted molar refractivity (Wildman–Crippen MR) is 71.0 cm³/mol. The molecule has 0 atom stereocenters. The van der Waals surface area contributed by atoms with Gasteiger partial charge < -0.3 is 10.1 Å². The molecule has 2 aromatic rings. The van der Waals surface area contributed by atoms with Crippen molar-refractivity contribution in [2.24, 2.45) is 0 Å². The number of rotatable bonds is 2. The second-order valence-corrected chi connectivity index (χ2v) is 4.55. The number of aromatic carboxylic acids is 1. The quantitative estimate of drug-likeness (QED) is 0.808. The summed E-state index contributed by atoms with van der Waals surface area (Å²) < 4.78 is 0. The van der Waals surface area contributed by atoms with Gasteiger partial charge in [-0.25, -0.2) is 4.79 Å². The summed E-state index contributed by atoms with van der Waals surface area (Å²) in [7, 11) is 0. The highest BCUT2D eigenvalue weighted by atomic mass is 16.4. The number of hydrogen-bond acceptors (Lipinski definition) is 3. The van der Waals surface area contributed by atoms with Crippen LogP contribution in [0.15, 0.2) is 16.9 Å². The topological polar surface area (TPSA) is 87.2 Å². The lowest BCUT2D eigenvalue weighted by molar-refractivity contribution is 0.0697. The van der Waals surface area contributed by atoms with Gasteiger partial charge in [0.25, 0.3) is 5.56 Å². The molecule has 0 saturated heterocycles. The molecule has 0 fully saturated rings. The van der Waals surface area contributed by atoms with Crippen LogP contribution in [-0.2, 0) is 0 Å². The van der Waals surface area contributed by atoms with E-state index in [1.165, 1.54) is 13.8 Å². The Morgan fingerprint density at radius 1 is 1.21 bits per heavy atom. The minimum atomic E-state index is -1.17. The maximum Gasteiger partial charge on any atom is 0.336 e. The molecule has 0 aliphatic carbocycles. The molecule has 19 heavy (non-hydrogen) atoms. The number of pyridine rings is 1. The Hall–Kier alpha value is -2.43. The molecular formula is C14H13NO4. The Morgan fingerprint density at radius 3 is 2.37 bits per heavy atom. The van der Waals surface area contributed by atoms with E-state index in [-0.39, 0.29) is 22.4 Å². The zero-order valence-electron chi connectivity index (χ0n) is 10.8. The van der Waals surface area contributed by atoms with Crippen LogP contribution in [0.2, 0.25) is 0 Å². The minimum absolute atomic E-state index is 0.0510. The van der Waals surface area contributed by atoms with Crippen molar-refractivity contribution in [3.05, 3.63) is 44.7 Å². The fourth-order valence-electron chi connectivity index (χ4n) is 2.19. The molecule has 98 valence electrons. The van der Waals surface area contributed by atoms with Gasteiger partial charge in [-0.15, -0.1) is 0 Å². The van der Waals surface area contributed by atoms with Crippen molar-refractivity contribution in [2.75, 3.05) is 0 Å². The van der Waals surface area contributed by atoms with Gasteiger partial charge in [0.05, 0.1) is 11.1 Å². The summed E-state index contributed by atoms with van der Waals surface area (Å²) in [6.45, 7) is 4.61. The van der Waals surface area contributed by atoms with Crippen molar-refractivity contribution in [2.45, 2.75) is 20.8 Å². The maximum atomic E-state index is 11.8. The fraction of sp³-hybridized carbons (Fsp3) is 0.214. The Labute approximate surface area is 108 Å². The molecule has 5 nitrogen and oxygen atoms in total.